The molecule has 1 rings (SSSR count). The molecular weight excluding hydrogens is 350 g/mol. The van der Waals surface area contributed by atoms with Gasteiger partial charge in [0.25, 0.3) is 0 Å². The highest BCUT2D eigenvalue weighted by Gasteiger charge is 2.46. The quantitative estimate of drug-likeness (QED) is 0.392. The second kappa shape index (κ2) is 6.07. The van der Waals surface area contributed by atoms with Crippen molar-refractivity contribution in [2.75, 3.05) is 6.54 Å². The summed E-state index contributed by atoms with van der Waals surface area (Å²) in [5, 5.41) is 9.94. The molecule has 0 saturated heterocycles. The van der Waals surface area contributed by atoms with Crippen LogP contribution in [0.3, 0.4) is 0 Å². The van der Waals surface area contributed by atoms with Gasteiger partial charge in [-0.05, 0) is 25.7 Å². The lowest BCUT2D eigenvalue weighted by molar-refractivity contribution is -0.199. The summed E-state index contributed by atoms with van der Waals surface area (Å²) in [4.78, 5) is 3.59. The van der Waals surface area contributed by atoms with E-state index in [1.54, 1.807) is 0 Å². The minimum atomic E-state index is -4.26. The molecule has 0 aromatic heterocycles. The highest BCUT2D eigenvalue weighted by Crippen LogP contribution is 2.41. The summed E-state index contributed by atoms with van der Waals surface area (Å²) in [6, 6.07) is 0. The van der Waals surface area contributed by atoms with E-state index >= 15 is 0 Å². The van der Waals surface area contributed by atoms with Gasteiger partial charge in [-0.15, -0.1) is 24.0 Å². The third-order valence-electron chi connectivity index (χ3n) is 2.84. The smallest absolute Gasteiger partial charge is 0.388 e. The maximum absolute atomic E-state index is 12.5. The van der Waals surface area contributed by atoms with E-state index in [1.165, 1.54) is 0 Å². The predicted molar refractivity (Wildman–Crippen MR) is 69.1 cm³/mol. The first kappa shape index (κ1) is 16.8. The molecule has 0 aromatic rings. The lowest BCUT2D eigenvalue weighted by atomic mass is 9.78. The van der Waals surface area contributed by atoms with Crippen LogP contribution >= 0.6 is 24.0 Å². The number of nitrogens with zero attached hydrogens (tertiary/aromatic N) is 1. The molecule has 2 unspecified atom stereocenters. The topological polar surface area (TPSA) is 84.6 Å². The molecular formula is C9H17F3IN3O. The van der Waals surface area contributed by atoms with E-state index in [2.05, 4.69) is 4.99 Å². The number of rotatable bonds is 2. The monoisotopic (exact) mass is 367 g/mol. The van der Waals surface area contributed by atoms with Crippen LogP contribution in [0.25, 0.3) is 0 Å². The van der Waals surface area contributed by atoms with Crippen LogP contribution in [0, 0.1) is 5.92 Å². The Kier molecular flexibility index (Phi) is 5.99. The molecule has 0 heterocycles. The normalized spacial score (nSPS) is 29.3. The molecule has 1 aliphatic carbocycles. The maximum atomic E-state index is 12.5. The van der Waals surface area contributed by atoms with E-state index in [0.29, 0.717) is 12.8 Å². The van der Waals surface area contributed by atoms with Crippen LogP contribution in [0.2, 0.25) is 0 Å². The van der Waals surface area contributed by atoms with Gasteiger partial charge in [0.1, 0.15) is 0 Å². The molecule has 0 aromatic carbocycles. The van der Waals surface area contributed by atoms with Crippen LogP contribution < -0.4 is 11.5 Å². The molecule has 1 saturated carbocycles. The van der Waals surface area contributed by atoms with Crippen molar-refractivity contribution in [3.8, 4) is 0 Å². The van der Waals surface area contributed by atoms with Crippen LogP contribution in [0.1, 0.15) is 25.7 Å². The molecule has 102 valence electrons. The zero-order valence-electron chi connectivity index (χ0n) is 9.20. The average molecular weight is 367 g/mol. The van der Waals surface area contributed by atoms with E-state index in [0.717, 1.165) is 0 Å². The Morgan fingerprint density at radius 1 is 1.41 bits per heavy atom. The van der Waals surface area contributed by atoms with Crippen molar-refractivity contribution in [1.29, 1.82) is 0 Å². The summed E-state index contributed by atoms with van der Waals surface area (Å²) in [6.07, 6.45) is -3.88. The average Bonchev–Trinajstić information content (AvgIpc) is 2.14. The fourth-order valence-corrected chi connectivity index (χ4v) is 2.00. The molecule has 8 heteroatoms. The highest BCUT2D eigenvalue weighted by atomic mass is 127. The minimum Gasteiger partial charge on any atom is -0.388 e. The van der Waals surface area contributed by atoms with Crippen LogP contribution in [0.15, 0.2) is 4.99 Å². The lowest BCUT2D eigenvalue weighted by Gasteiger charge is -2.36. The molecule has 0 amide bonds. The number of nitrogens with two attached hydrogens (primary N) is 2. The van der Waals surface area contributed by atoms with Crippen molar-refractivity contribution in [1.82, 2.24) is 0 Å². The lowest BCUT2D eigenvalue weighted by Crippen LogP contribution is -2.43. The number of hydrogen-bond donors (Lipinski definition) is 3. The third-order valence-corrected chi connectivity index (χ3v) is 2.84. The molecule has 1 fully saturated rings. The van der Waals surface area contributed by atoms with Crippen molar-refractivity contribution < 1.29 is 18.3 Å². The Labute approximate surface area is 115 Å². The molecule has 0 spiro atoms. The van der Waals surface area contributed by atoms with Crippen molar-refractivity contribution in [3.05, 3.63) is 0 Å². The molecule has 2 atom stereocenters. The van der Waals surface area contributed by atoms with Gasteiger partial charge < -0.3 is 16.6 Å². The number of aliphatic imine (C=N–C) groups is 1. The van der Waals surface area contributed by atoms with Gasteiger partial charge in [0, 0.05) is 0 Å². The van der Waals surface area contributed by atoms with Gasteiger partial charge in [-0.25, -0.2) is 0 Å². The van der Waals surface area contributed by atoms with Crippen LogP contribution in [-0.2, 0) is 0 Å². The third kappa shape index (κ3) is 5.28. The summed E-state index contributed by atoms with van der Waals surface area (Å²) < 4.78 is 37.5. The Morgan fingerprint density at radius 3 is 2.47 bits per heavy atom. The van der Waals surface area contributed by atoms with Crippen molar-refractivity contribution in [2.45, 2.75) is 37.5 Å². The van der Waals surface area contributed by atoms with Crippen molar-refractivity contribution in [2.24, 2.45) is 22.4 Å². The Bertz CT molecular complexity index is 281. The largest absolute Gasteiger partial charge is 0.391 e. The van der Waals surface area contributed by atoms with E-state index in [1.807, 2.05) is 0 Å². The van der Waals surface area contributed by atoms with E-state index in [4.69, 9.17) is 11.5 Å². The van der Waals surface area contributed by atoms with E-state index < -0.39 is 17.7 Å². The minimum absolute atomic E-state index is 0. The molecule has 4 nitrogen and oxygen atoms in total. The summed E-state index contributed by atoms with van der Waals surface area (Å²) in [5.41, 5.74) is 8.74. The van der Waals surface area contributed by atoms with Gasteiger partial charge in [0.15, 0.2) is 5.96 Å². The van der Waals surface area contributed by atoms with E-state index in [9.17, 15) is 18.3 Å². The first-order valence-electron chi connectivity index (χ1n) is 5.07. The van der Waals surface area contributed by atoms with Gasteiger partial charge in [0.2, 0.25) is 0 Å². The fraction of sp³-hybridized carbons (Fsp3) is 0.889. The molecule has 5 N–H and O–H groups in total. The Balaban J connectivity index is 0.00000256. The standard InChI is InChI=1S/C9H16F3N3O.HI/c10-9(11,12)6-2-1-3-8(16,4-6)5-15-7(13)14;/h6,16H,1-5H2,(H4,13,14,15);1H. The number of alkyl halides is 3. The molecule has 0 radical (unpaired) electrons. The fourth-order valence-electron chi connectivity index (χ4n) is 2.00. The summed E-state index contributed by atoms with van der Waals surface area (Å²) in [7, 11) is 0. The van der Waals surface area contributed by atoms with Crippen molar-refractivity contribution in [3.63, 3.8) is 0 Å². The summed E-state index contributed by atoms with van der Waals surface area (Å²) in [5.74, 6) is -1.68. The number of halogens is 4. The van der Waals surface area contributed by atoms with Crippen molar-refractivity contribution >= 4 is 29.9 Å². The maximum Gasteiger partial charge on any atom is 0.391 e. The SMILES string of the molecule is I.NC(N)=NCC1(O)CCCC(C(F)(F)F)C1. The Morgan fingerprint density at radius 2 is 2.00 bits per heavy atom. The molecule has 0 aliphatic heterocycles. The van der Waals surface area contributed by atoms with Gasteiger partial charge in [0.05, 0.1) is 18.1 Å². The number of aliphatic hydroxyl groups is 1. The van der Waals surface area contributed by atoms with E-state index in [-0.39, 0.29) is 49.3 Å². The Hall–Kier alpha value is -0.250. The second-order valence-electron chi connectivity index (χ2n) is 4.30. The first-order chi connectivity index (χ1) is 7.23. The summed E-state index contributed by atoms with van der Waals surface area (Å²) in [6.45, 7) is -0.165. The van der Waals surface area contributed by atoms with Gasteiger partial charge in [-0.1, -0.05) is 0 Å². The zero-order valence-corrected chi connectivity index (χ0v) is 11.5. The van der Waals surface area contributed by atoms with Gasteiger partial charge in [-0.2, -0.15) is 13.2 Å². The first-order valence-corrected chi connectivity index (χ1v) is 5.07. The summed E-state index contributed by atoms with van der Waals surface area (Å²) >= 11 is 0. The van der Waals surface area contributed by atoms with Gasteiger partial charge in [-0.3, -0.25) is 4.99 Å². The van der Waals surface area contributed by atoms with Crippen LogP contribution in [-0.4, -0.2) is 29.4 Å². The highest BCUT2D eigenvalue weighted by molar-refractivity contribution is 14.0. The van der Waals surface area contributed by atoms with Crippen LogP contribution in [0.5, 0.6) is 0 Å². The van der Waals surface area contributed by atoms with Gasteiger partial charge >= 0.3 is 6.18 Å². The number of guanidine groups is 1. The second-order valence-corrected chi connectivity index (χ2v) is 4.30. The molecule has 0 bridgehead atoms. The van der Waals surface area contributed by atoms with Crippen LogP contribution in [0.4, 0.5) is 13.2 Å². The molecule has 17 heavy (non-hydrogen) atoms. The predicted octanol–water partition coefficient (Wildman–Crippen LogP) is 1.36. The number of hydrogen-bond acceptors (Lipinski definition) is 2. The zero-order chi connectivity index (χ0) is 12.4. The molecule has 1 aliphatic rings.